The number of carbonyl (C=O) groups excluding carboxylic acids is 1. The van der Waals surface area contributed by atoms with E-state index >= 15 is 0 Å². The summed E-state index contributed by atoms with van der Waals surface area (Å²) in [6, 6.07) is 9.52. The molecule has 3 rings (SSSR count). The van der Waals surface area contributed by atoms with Crippen molar-refractivity contribution in [2.24, 2.45) is 5.92 Å². The van der Waals surface area contributed by atoms with Crippen molar-refractivity contribution < 1.29 is 19.7 Å². The summed E-state index contributed by atoms with van der Waals surface area (Å²) >= 11 is 0. The minimum absolute atomic E-state index is 0.0702. The van der Waals surface area contributed by atoms with Crippen LogP contribution in [-0.4, -0.2) is 40.7 Å². The third kappa shape index (κ3) is 3.02. The summed E-state index contributed by atoms with van der Waals surface area (Å²) in [5.74, 6) is 0.0358. The maximum absolute atomic E-state index is 11.3. The van der Waals surface area contributed by atoms with Gasteiger partial charge in [-0.3, -0.25) is 4.79 Å². The second kappa shape index (κ2) is 6.36. The van der Waals surface area contributed by atoms with Crippen LogP contribution in [0, 0.1) is 5.92 Å². The molecule has 6 atom stereocenters. The molecule has 6 unspecified atom stereocenters. The zero-order chi connectivity index (χ0) is 15.7. The summed E-state index contributed by atoms with van der Waals surface area (Å²) in [5.41, 5.74) is 1.27. The summed E-state index contributed by atoms with van der Waals surface area (Å²) in [4.78, 5) is 11.3. The number of hydrogen-bond acceptors (Lipinski definition) is 4. The number of rotatable bonds is 2. The zero-order valence-electron chi connectivity index (χ0n) is 12.7. The van der Waals surface area contributed by atoms with Crippen LogP contribution in [0.3, 0.4) is 0 Å². The lowest BCUT2D eigenvalue weighted by molar-refractivity contribution is -0.239. The van der Waals surface area contributed by atoms with Gasteiger partial charge in [0.15, 0.2) is 6.29 Å². The molecule has 1 amide bonds. The van der Waals surface area contributed by atoms with Crippen molar-refractivity contribution in [2.75, 3.05) is 0 Å². The summed E-state index contributed by atoms with van der Waals surface area (Å²) in [6.45, 7) is 1.37. The van der Waals surface area contributed by atoms with Gasteiger partial charge in [-0.2, -0.15) is 0 Å². The molecule has 5 nitrogen and oxygen atoms in total. The number of nitrogens with one attached hydrogen (secondary N) is 1. The van der Waals surface area contributed by atoms with Gasteiger partial charge in [-0.15, -0.1) is 0 Å². The normalized spacial score (nSPS) is 38.1. The molecule has 1 aromatic carbocycles. The van der Waals surface area contributed by atoms with E-state index < -0.39 is 18.4 Å². The van der Waals surface area contributed by atoms with Gasteiger partial charge in [0.05, 0.1) is 12.2 Å². The average molecular weight is 305 g/mol. The number of hydrogen-bond donors (Lipinski definition) is 3. The highest BCUT2D eigenvalue weighted by atomic mass is 16.6. The molecule has 22 heavy (non-hydrogen) atoms. The first-order valence-corrected chi connectivity index (χ1v) is 7.90. The smallest absolute Gasteiger partial charge is 0.217 e. The van der Waals surface area contributed by atoms with Crippen molar-refractivity contribution in [3.05, 3.63) is 35.9 Å². The molecule has 1 aliphatic heterocycles. The summed E-state index contributed by atoms with van der Waals surface area (Å²) in [5, 5.41) is 23.2. The number of ether oxygens (including phenoxy) is 1. The highest BCUT2D eigenvalue weighted by molar-refractivity contribution is 5.73. The Morgan fingerprint density at radius 3 is 2.64 bits per heavy atom. The fraction of sp³-hybridized carbons (Fsp3) is 0.588. The van der Waals surface area contributed by atoms with Crippen LogP contribution in [0.25, 0.3) is 0 Å². The van der Waals surface area contributed by atoms with Crippen LogP contribution >= 0.6 is 0 Å². The van der Waals surface area contributed by atoms with Crippen LogP contribution in [0.2, 0.25) is 0 Å². The van der Waals surface area contributed by atoms with E-state index in [2.05, 4.69) is 17.4 Å². The van der Waals surface area contributed by atoms with Gasteiger partial charge in [-0.25, -0.2) is 0 Å². The largest absolute Gasteiger partial charge is 0.390 e. The predicted octanol–water partition coefficient (Wildman–Crippen LogP) is 1.15. The molecule has 2 fully saturated rings. The summed E-state index contributed by atoms with van der Waals surface area (Å²) in [6.07, 6.45) is 0.520. The Hall–Kier alpha value is -1.43. The second-order valence-electron chi connectivity index (χ2n) is 6.37. The van der Waals surface area contributed by atoms with E-state index in [0.717, 1.165) is 19.3 Å². The van der Waals surface area contributed by atoms with E-state index in [1.54, 1.807) is 0 Å². The summed E-state index contributed by atoms with van der Waals surface area (Å²) in [7, 11) is 0. The minimum Gasteiger partial charge on any atom is -0.390 e. The lowest BCUT2D eigenvalue weighted by atomic mass is 9.71. The number of aliphatic hydroxyl groups is 2. The van der Waals surface area contributed by atoms with Gasteiger partial charge in [-0.05, 0) is 30.7 Å². The van der Waals surface area contributed by atoms with E-state index in [4.69, 9.17) is 4.74 Å². The van der Waals surface area contributed by atoms with Crippen LogP contribution in [0.15, 0.2) is 30.3 Å². The van der Waals surface area contributed by atoms with Gasteiger partial charge in [0.1, 0.15) is 6.04 Å². The fourth-order valence-electron chi connectivity index (χ4n) is 3.82. The number of carbonyl (C=O) groups is 1. The molecule has 1 aliphatic carbocycles. The lowest BCUT2D eigenvalue weighted by Crippen LogP contribution is -2.61. The average Bonchev–Trinajstić information content (AvgIpc) is 2.52. The van der Waals surface area contributed by atoms with Crippen LogP contribution in [0.5, 0.6) is 0 Å². The van der Waals surface area contributed by atoms with Crippen LogP contribution in [0.4, 0.5) is 0 Å². The molecule has 0 aromatic heterocycles. The van der Waals surface area contributed by atoms with Crippen molar-refractivity contribution in [1.82, 2.24) is 5.32 Å². The van der Waals surface area contributed by atoms with E-state index in [9.17, 15) is 15.0 Å². The molecule has 1 saturated carbocycles. The Morgan fingerprint density at radius 1 is 1.23 bits per heavy atom. The highest BCUT2D eigenvalue weighted by Gasteiger charge is 2.47. The van der Waals surface area contributed by atoms with Gasteiger partial charge in [0.25, 0.3) is 0 Å². The topological polar surface area (TPSA) is 78.8 Å². The quantitative estimate of drug-likeness (QED) is 0.766. The van der Waals surface area contributed by atoms with Gasteiger partial charge in [0, 0.05) is 12.8 Å². The Kier molecular flexibility index (Phi) is 4.47. The first kappa shape index (κ1) is 15.5. The predicted molar refractivity (Wildman–Crippen MR) is 81.0 cm³/mol. The molecule has 5 heteroatoms. The van der Waals surface area contributed by atoms with Crippen molar-refractivity contribution >= 4 is 5.91 Å². The Bertz CT molecular complexity index is 521. The molecule has 0 radical (unpaired) electrons. The maximum Gasteiger partial charge on any atom is 0.217 e. The van der Waals surface area contributed by atoms with Gasteiger partial charge >= 0.3 is 0 Å². The number of amides is 1. The monoisotopic (exact) mass is 305 g/mol. The summed E-state index contributed by atoms with van der Waals surface area (Å²) < 4.78 is 5.64. The standard InChI is InChI=1S/C17H23NO4/c1-10(19)18-15-16(20)13-9-12(11-5-3-2-4-6-11)7-8-14(13)22-17(15)21/h2-6,12-17,20-21H,7-9H2,1H3,(H,18,19). The Balaban J connectivity index is 1.75. The molecule has 1 aromatic rings. The fourth-order valence-corrected chi connectivity index (χ4v) is 3.82. The van der Waals surface area contributed by atoms with E-state index in [1.807, 2.05) is 18.2 Å². The molecule has 120 valence electrons. The molecule has 1 saturated heterocycles. The molecule has 2 aliphatic rings. The van der Waals surface area contributed by atoms with Gasteiger partial charge in [0.2, 0.25) is 5.91 Å². The molecule has 0 spiro atoms. The minimum atomic E-state index is -1.14. The zero-order valence-corrected chi connectivity index (χ0v) is 12.7. The van der Waals surface area contributed by atoms with Crippen LogP contribution in [-0.2, 0) is 9.53 Å². The molecule has 1 heterocycles. The third-order valence-electron chi connectivity index (χ3n) is 4.90. The van der Waals surface area contributed by atoms with E-state index in [-0.39, 0.29) is 17.9 Å². The molecular formula is C17H23NO4. The van der Waals surface area contributed by atoms with Crippen molar-refractivity contribution in [1.29, 1.82) is 0 Å². The number of benzene rings is 1. The highest BCUT2D eigenvalue weighted by Crippen LogP contribution is 2.42. The molecular weight excluding hydrogens is 282 g/mol. The SMILES string of the molecule is CC(=O)NC1C(O)OC2CCC(c3ccccc3)CC2C1O. The van der Waals surface area contributed by atoms with Gasteiger partial charge in [-0.1, -0.05) is 30.3 Å². The van der Waals surface area contributed by atoms with Crippen molar-refractivity contribution in [3.63, 3.8) is 0 Å². The molecule has 3 N–H and O–H groups in total. The second-order valence-corrected chi connectivity index (χ2v) is 6.37. The van der Waals surface area contributed by atoms with E-state index in [0.29, 0.717) is 5.92 Å². The Labute approximate surface area is 130 Å². The first-order chi connectivity index (χ1) is 10.6. The number of fused-ring (bicyclic) bond motifs is 1. The maximum atomic E-state index is 11.3. The van der Waals surface area contributed by atoms with Crippen LogP contribution < -0.4 is 5.32 Å². The molecule has 0 bridgehead atoms. The van der Waals surface area contributed by atoms with Crippen LogP contribution in [0.1, 0.15) is 37.7 Å². The number of aliphatic hydroxyl groups excluding tert-OH is 2. The van der Waals surface area contributed by atoms with Crippen molar-refractivity contribution in [3.8, 4) is 0 Å². The Morgan fingerprint density at radius 2 is 1.95 bits per heavy atom. The van der Waals surface area contributed by atoms with Crippen molar-refractivity contribution in [2.45, 2.75) is 56.6 Å². The lowest BCUT2D eigenvalue weighted by Gasteiger charge is -2.47. The van der Waals surface area contributed by atoms with E-state index in [1.165, 1.54) is 12.5 Å². The third-order valence-corrected chi connectivity index (χ3v) is 4.90. The first-order valence-electron chi connectivity index (χ1n) is 7.90. The van der Waals surface area contributed by atoms with Gasteiger partial charge < -0.3 is 20.3 Å².